The number of hydrogen-bond acceptors (Lipinski definition) is 6. The normalized spacial score (nSPS) is 10.3. The van der Waals surface area contributed by atoms with Crippen molar-refractivity contribution in [3.05, 3.63) is 271 Å². The van der Waals surface area contributed by atoms with Crippen molar-refractivity contribution >= 4 is 17.9 Å². The molecule has 10 rings (SSSR count). The van der Waals surface area contributed by atoms with Crippen LogP contribution in [0.3, 0.4) is 0 Å². The van der Waals surface area contributed by atoms with Gasteiger partial charge in [-0.05, 0) is 34.9 Å². The van der Waals surface area contributed by atoms with Crippen LogP contribution in [0.25, 0.3) is 34.2 Å². The molecule has 69 heavy (non-hydrogen) atoms. The molecule has 12 heteroatoms. The summed E-state index contributed by atoms with van der Waals surface area (Å²) in [5.74, 6) is -1.16. The molecule has 3 aromatic heterocycles. The second kappa shape index (κ2) is 24.2. The van der Waals surface area contributed by atoms with Crippen molar-refractivity contribution in [2.45, 2.75) is 19.6 Å². The van der Waals surface area contributed by atoms with Gasteiger partial charge in [0.25, 0.3) is 0 Å². The maximum Gasteiger partial charge on any atom is 0.336 e. The van der Waals surface area contributed by atoms with Crippen molar-refractivity contribution in [2.24, 2.45) is 0 Å². The Labute approximate surface area is 399 Å². The first-order valence-electron chi connectivity index (χ1n) is 21.9. The Kier molecular flexibility index (Phi) is 16.7. The van der Waals surface area contributed by atoms with Gasteiger partial charge in [-0.25, -0.2) is 29.3 Å². The molecule has 0 aliphatic heterocycles. The molecule has 12 nitrogen and oxygen atoms in total. The molecule has 3 heterocycles. The van der Waals surface area contributed by atoms with E-state index in [2.05, 4.69) is 138 Å². The summed E-state index contributed by atoms with van der Waals surface area (Å²) in [6.45, 7) is 2.56. The first kappa shape index (κ1) is 47.5. The summed E-state index contributed by atoms with van der Waals surface area (Å²) in [6, 6.07) is 64.9. The summed E-state index contributed by atoms with van der Waals surface area (Å²) in [7, 11) is 0. The number of aromatic nitrogens is 6. The molecule has 10 aromatic rings. The van der Waals surface area contributed by atoms with E-state index in [1.807, 2.05) is 110 Å². The van der Waals surface area contributed by atoms with Crippen molar-refractivity contribution in [1.82, 2.24) is 28.7 Å². The van der Waals surface area contributed by atoms with Crippen LogP contribution in [0.4, 0.5) is 0 Å². The molecule has 3 N–H and O–H groups in total. The third-order valence-electron chi connectivity index (χ3n) is 10.6. The lowest BCUT2D eigenvalue weighted by Gasteiger charge is -2.07. The molecule has 0 aliphatic carbocycles. The van der Waals surface area contributed by atoms with Crippen LogP contribution in [0.2, 0.25) is 0 Å². The van der Waals surface area contributed by atoms with Crippen LogP contribution < -0.4 is 0 Å². The number of hydrogen-bond donors (Lipinski definition) is 3. The molecule has 0 aliphatic rings. The molecule has 0 amide bonds. The third-order valence-corrected chi connectivity index (χ3v) is 10.6. The molecule has 0 spiro atoms. The Hall–Kier alpha value is -9.42. The first-order chi connectivity index (χ1) is 33.7. The van der Waals surface area contributed by atoms with E-state index in [0.717, 1.165) is 72.0 Å². The van der Waals surface area contributed by atoms with Gasteiger partial charge in [-0.2, -0.15) is 0 Å². The summed E-state index contributed by atoms with van der Waals surface area (Å²) < 4.78 is 6.51. The van der Waals surface area contributed by atoms with Crippen LogP contribution in [0.5, 0.6) is 0 Å². The Morgan fingerprint density at radius 2 is 0.638 bits per heavy atom. The zero-order valence-electron chi connectivity index (χ0n) is 37.4. The molecule has 0 saturated heterocycles. The summed E-state index contributed by atoms with van der Waals surface area (Å²) >= 11 is 0. The van der Waals surface area contributed by atoms with Crippen molar-refractivity contribution in [1.29, 1.82) is 0 Å². The zero-order valence-corrected chi connectivity index (χ0v) is 37.4. The second-order valence-electron chi connectivity index (χ2n) is 15.4. The number of carboxylic acid groups (broad SMARTS) is 3. The topological polar surface area (TPSA) is 165 Å². The van der Waals surface area contributed by atoms with E-state index in [4.69, 9.17) is 15.3 Å². The van der Waals surface area contributed by atoms with Crippen molar-refractivity contribution < 1.29 is 29.7 Å². The average molecular weight is 913 g/mol. The molecule has 0 unspecified atom stereocenters. The predicted octanol–water partition coefficient (Wildman–Crippen LogP) is 11.6. The highest BCUT2D eigenvalue weighted by Gasteiger charge is 2.18. The van der Waals surface area contributed by atoms with Gasteiger partial charge in [-0.15, -0.1) is 0 Å². The molecule has 0 radical (unpaired) electrons. The van der Waals surface area contributed by atoms with Crippen LogP contribution in [0.1, 0.15) is 47.8 Å². The third kappa shape index (κ3) is 13.6. The maximum atomic E-state index is 10.6. The number of nitrogens with zero attached hydrogens (tertiary/aromatic N) is 6. The highest BCUT2D eigenvalue weighted by Crippen LogP contribution is 2.21. The van der Waals surface area contributed by atoms with Gasteiger partial charge in [0, 0.05) is 73.5 Å². The molecular weight excluding hydrogens is 865 g/mol. The molecular formula is C57H48N6O6. The standard InChI is InChI=1S/3C16H14N2.C9H6O6/c3*1-3-7-14(8-4-1)13-18-12-11-17-16(18)15-9-5-2-6-10-15;10-7(11)4-1-2-5(8(12)13)6(3-4)9(14)15/h3*1-12H,13H2;1-3H,(H,10,11)(H,12,13)(H,14,15). The van der Waals surface area contributed by atoms with E-state index >= 15 is 0 Å². The van der Waals surface area contributed by atoms with Gasteiger partial charge in [-0.3, -0.25) is 0 Å². The van der Waals surface area contributed by atoms with Crippen molar-refractivity contribution in [2.75, 3.05) is 0 Å². The molecule has 0 atom stereocenters. The van der Waals surface area contributed by atoms with E-state index in [0.29, 0.717) is 0 Å². The van der Waals surface area contributed by atoms with Crippen molar-refractivity contribution in [3.8, 4) is 34.2 Å². The SMILES string of the molecule is O=C(O)c1ccc(C(=O)O)c(C(=O)O)c1.c1ccc(Cn2ccnc2-c2ccccc2)cc1.c1ccc(Cn2ccnc2-c2ccccc2)cc1.c1ccc(Cn2ccnc2-c2ccccc2)cc1. The zero-order chi connectivity index (χ0) is 48.2. The highest BCUT2D eigenvalue weighted by atomic mass is 16.4. The Bertz CT molecular complexity index is 2880. The van der Waals surface area contributed by atoms with Crippen LogP contribution in [0.15, 0.2) is 237 Å². The largest absolute Gasteiger partial charge is 0.478 e. The quantitative estimate of drug-likeness (QED) is 0.108. The lowest BCUT2D eigenvalue weighted by molar-refractivity contribution is 0.0649. The molecule has 342 valence electrons. The number of carbonyl (C=O) groups is 3. The van der Waals surface area contributed by atoms with Gasteiger partial charge in [0.15, 0.2) is 0 Å². The number of imidazole rings is 3. The van der Waals surface area contributed by atoms with Gasteiger partial charge >= 0.3 is 17.9 Å². The molecule has 0 saturated carbocycles. The summed E-state index contributed by atoms with van der Waals surface area (Å²) in [5, 5.41) is 25.9. The molecule has 7 aromatic carbocycles. The maximum absolute atomic E-state index is 10.6. The number of benzene rings is 7. The molecule has 0 bridgehead atoms. The van der Waals surface area contributed by atoms with E-state index < -0.39 is 29.0 Å². The Balaban J connectivity index is 0.000000136. The van der Waals surface area contributed by atoms with Crippen LogP contribution in [-0.2, 0) is 19.6 Å². The summed E-state index contributed by atoms with van der Waals surface area (Å²) in [5.41, 5.74) is 6.07. The summed E-state index contributed by atoms with van der Waals surface area (Å²) in [4.78, 5) is 45.1. The van der Waals surface area contributed by atoms with Gasteiger partial charge in [0.2, 0.25) is 0 Å². The van der Waals surface area contributed by atoms with Gasteiger partial charge < -0.3 is 29.0 Å². The Morgan fingerprint density at radius 3 is 0.913 bits per heavy atom. The van der Waals surface area contributed by atoms with Gasteiger partial charge in [0.05, 0.1) is 16.7 Å². The number of aromatic carboxylic acids is 3. The highest BCUT2D eigenvalue weighted by molar-refractivity contribution is 6.03. The minimum Gasteiger partial charge on any atom is -0.478 e. The predicted molar refractivity (Wildman–Crippen MR) is 267 cm³/mol. The number of rotatable bonds is 12. The molecule has 0 fully saturated rings. The Morgan fingerprint density at radius 1 is 0.348 bits per heavy atom. The van der Waals surface area contributed by atoms with Gasteiger partial charge in [0.1, 0.15) is 17.5 Å². The lowest BCUT2D eigenvalue weighted by Crippen LogP contribution is -2.10. The number of carboxylic acids is 3. The monoisotopic (exact) mass is 912 g/mol. The average Bonchev–Trinajstić information content (AvgIpc) is 4.18. The van der Waals surface area contributed by atoms with E-state index in [-0.39, 0.29) is 5.56 Å². The fraction of sp³-hybridized carbons (Fsp3) is 0.0526. The van der Waals surface area contributed by atoms with Crippen LogP contribution in [-0.4, -0.2) is 61.9 Å². The first-order valence-corrected chi connectivity index (χ1v) is 21.9. The summed E-state index contributed by atoms with van der Waals surface area (Å²) in [6.07, 6.45) is 11.6. The van der Waals surface area contributed by atoms with Crippen molar-refractivity contribution in [3.63, 3.8) is 0 Å². The minimum absolute atomic E-state index is 0.266. The van der Waals surface area contributed by atoms with Crippen LogP contribution in [0, 0.1) is 0 Å². The fourth-order valence-corrected chi connectivity index (χ4v) is 7.23. The fourth-order valence-electron chi connectivity index (χ4n) is 7.23. The van der Waals surface area contributed by atoms with E-state index in [1.54, 1.807) is 0 Å². The lowest BCUT2D eigenvalue weighted by atomic mass is 10.0. The van der Waals surface area contributed by atoms with Gasteiger partial charge in [-0.1, -0.05) is 182 Å². The smallest absolute Gasteiger partial charge is 0.336 e. The van der Waals surface area contributed by atoms with Crippen LogP contribution >= 0.6 is 0 Å². The van der Waals surface area contributed by atoms with E-state index in [9.17, 15) is 14.4 Å². The second-order valence-corrected chi connectivity index (χ2v) is 15.4. The minimum atomic E-state index is -1.48. The van der Waals surface area contributed by atoms with E-state index in [1.165, 1.54) is 16.7 Å².